The van der Waals surface area contributed by atoms with Crippen molar-refractivity contribution in [2.45, 2.75) is 52.9 Å². The average molecular weight is 436 g/mol. The Bertz CT molecular complexity index is 899. The minimum atomic E-state index is -0.348. The van der Waals surface area contributed by atoms with E-state index in [0.29, 0.717) is 36.6 Å². The molecular weight excluding hydrogens is 410 g/mol. The summed E-state index contributed by atoms with van der Waals surface area (Å²) in [5, 5.41) is 4.27. The van der Waals surface area contributed by atoms with Gasteiger partial charge in [-0.25, -0.2) is 4.79 Å². The number of thiophene rings is 1. The highest BCUT2D eigenvalue weighted by molar-refractivity contribution is 7.17. The van der Waals surface area contributed by atoms with Crippen LogP contribution < -0.4 is 10.1 Å². The second kappa shape index (κ2) is 9.63. The third-order valence-corrected chi connectivity index (χ3v) is 6.68. The molecule has 1 aromatic heterocycles. The van der Waals surface area contributed by atoms with Gasteiger partial charge in [0.05, 0.1) is 18.8 Å². The second-order valence-electron chi connectivity index (χ2n) is 7.15. The molecule has 0 aliphatic heterocycles. The van der Waals surface area contributed by atoms with Crippen molar-refractivity contribution in [2.24, 2.45) is 0 Å². The van der Waals surface area contributed by atoms with Gasteiger partial charge < -0.3 is 14.8 Å². The summed E-state index contributed by atoms with van der Waals surface area (Å²) in [5.74, 6) is 0.283. The molecule has 3 rings (SSSR count). The highest BCUT2D eigenvalue weighted by Gasteiger charge is 2.28. The van der Waals surface area contributed by atoms with Gasteiger partial charge in [-0.2, -0.15) is 0 Å². The second-order valence-corrected chi connectivity index (χ2v) is 8.64. The number of rotatable bonds is 8. The zero-order chi connectivity index (χ0) is 21.0. The van der Waals surface area contributed by atoms with Gasteiger partial charge in [0.2, 0.25) is 5.91 Å². The van der Waals surface area contributed by atoms with Crippen LogP contribution in [0.3, 0.4) is 0 Å². The molecule has 29 heavy (non-hydrogen) atoms. The predicted octanol–water partition coefficient (Wildman–Crippen LogP) is 5.48. The van der Waals surface area contributed by atoms with Gasteiger partial charge in [0, 0.05) is 16.3 Å². The molecule has 1 N–H and O–H groups in total. The predicted molar refractivity (Wildman–Crippen MR) is 117 cm³/mol. The van der Waals surface area contributed by atoms with Gasteiger partial charge in [0.25, 0.3) is 0 Å². The van der Waals surface area contributed by atoms with Crippen LogP contribution in [0.4, 0.5) is 5.00 Å². The van der Waals surface area contributed by atoms with Crippen LogP contribution in [0.25, 0.3) is 0 Å². The molecule has 1 aliphatic carbocycles. The van der Waals surface area contributed by atoms with Crippen molar-refractivity contribution in [1.29, 1.82) is 0 Å². The first-order valence-electron chi connectivity index (χ1n) is 9.91. The Balaban J connectivity index is 1.54. The van der Waals surface area contributed by atoms with E-state index in [1.165, 1.54) is 16.2 Å². The Hall–Kier alpha value is -2.05. The van der Waals surface area contributed by atoms with Crippen LogP contribution in [0, 0.1) is 13.8 Å². The lowest BCUT2D eigenvalue weighted by Crippen LogP contribution is -2.15. The summed E-state index contributed by atoms with van der Waals surface area (Å²) in [6.45, 7) is 6.41. The smallest absolute Gasteiger partial charge is 0.341 e. The Morgan fingerprint density at radius 2 is 1.93 bits per heavy atom. The molecule has 7 heteroatoms. The van der Waals surface area contributed by atoms with Crippen LogP contribution in [0.1, 0.15) is 58.1 Å². The van der Waals surface area contributed by atoms with E-state index in [2.05, 4.69) is 5.32 Å². The molecule has 1 heterocycles. The maximum absolute atomic E-state index is 12.4. The number of benzene rings is 1. The van der Waals surface area contributed by atoms with E-state index in [-0.39, 0.29) is 11.9 Å². The molecule has 2 aromatic rings. The molecule has 1 amide bonds. The third-order valence-electron chi connectivity index (χ3n) is 4.88. The largest absolute Gasteiger partial charge is 0.494 e. The molecule has 156 valence electrons. The number of ether oxygens (including phenoxy) is 2. The first kappa shape index (κ1) is 21.7. The number of nitrogens with one attached hydrogen (secondary N) is 1. The molecule has 0 atom stereocenters. The molecular formula is C22H26ClNO4S. The third kappa shape index (κ3) is 5.11. The van der Waals surface area contributed by atoms with E-state index in [1.54, 1.807) is 6.92 Å². The molecule has 0 spiro atoms. The fourth-order valence-corrected chi connectivity index (χ4v) is 4.92. The van der Waals surface area contributed by atoms with Crippen molar-refractivity contribution < 1.29 is 19.1 Å². The maximum atomic E-state index is 12.4. The Morgan fingerprint density at radius 3 is 2.62 bits per heavy atom. The van der Waals surface area contributed by atoms with E-state index in [0.717, 1.165) is 46.7 Å². The lowest BCUT2D eigenvalue weighted by Gasteiger charge is -2.10. The number of hydrogen-bond donors (Lipinski definition) is 1. The summed E-state index contributed by atoms with van der Waals surface area (Å²) in [6.07, 6.45) is 3.76. The SMILES string of the molecule is CCOC(=O)c1c(NC(=O)CCCOc2cc(C)c(Cl)c(C)c2)sc2c1CCC2. The van der Waals surface area contributed by atoms with E-state index < -0.39 is 0 Å². The van der Waals surface area contributed by atoms with Gasteiger partial charge >= 0.3 is 5.97 Å². The van der Waals surface area contributed by atoms with Gasteiger partial charge in [0.15, 0.2) is 0 Å². The summed E-state index contributed by atoms with van der Waals surface area (Å²) < 4.78 is 11.0. The highest BCUT2D eigenvalue weighted by atomic mass is 35.5. The molecule has 0 saturated heterocycles. The Kier molecular flexibility index (Phi) is 7.19. The average Bonchev–Trinajstić information content (AvgIpc) is 3.24. The quantitative estimate of drug-likeness (QED) is 0.440. The Labute approximate surface area is 180 Å². The first-order valence-corrected chi connectivity index (χ1v) is 11.1. The summed E-state index contributed by atoms with van der Waals surface area (Å²) in [4.78, 5) is 26.0. The van der Waals surface area contributed by atoms with Crippen LogP contribution >= 0.6 is 22.9 Å². The van der Waals surface area contributed by atoms with E-state index in [4.69, 9.17) is 21.1 Å². The number of amides is 1. The zero-order valence-corrected chi connectivity index (χ0v) is 18.6. The number of fused-ring (bicyclic) bond motifs is 1. The molecule has 1 aromatic carbocycles. The minimum absolute atomic E-state index is 0.123. The van der Waals surface area contributed by atoms with Gasteiger partial charge in [-0.3, -0.25) is 4.79 Å². The molecule has 0 radical (unpaired) electrons. The van der Waals surface area contributed by atoms with Crippen molar-refractivity contribution in [3.63, 3.8) is 0 Å². The van der Waals surface area contributed by atoms with Gasteiger partial charge in [-0.15, -0.1) is 11.3 Å². The van der Waals surface area contributed by atoms with Gasteiger partial charge in [-0.1, -0.05) is 11.6 Å². The summed E-state index contributed by atoms with van der Waals surface area (Å²) in [5.41, 5.74) is 3.52. The summed E-state index contributed by atoms with van der Waals surface area (Å²) in [7, 11) is 0. The minimum Gasteiger partial charge on any atom is -0.494 e. The van der Waals surface area contributed by atoms with Crippen molar-refractivity contribution in [3.05, 3.63) is 44.3 Å². The van der Waals surface area contributed by atoms with Gasteiger partial charge in [-0.05, 0) is 75.3 Å². The van der Waals surface area contributed by atoms with E-state index in [9.17, 15) is 9.59 Å². The van der Waals surface area contributed by atoms with E-state index >= 15 is 0 Å². The van der Waals surface area contributed by atoms with Crippen LogP contribution in [0.5, 0.6) is 5.75 Å². The molecule has 1 aliphatic rings. The molecule has 5 nitrogen and oxygen atoms in total. The number of anilines is 1. The molecule has 0 unspecified atom stereocenters. The number of halogens is 1. The number of hydrogen-bond acceptors (Lipinski definition) is 5. The van der Waals surface area contributed by atoms with Gasteiger partial charge in [0.1, 0.15) is 10.8 Å². The number of carbonyl (C=O) groups is 2. The van der Waals surface area contributed by atoms with Crippen LogP contribution in [0.2, 0.25) is 5.02 Å². The van der Waals surface area contributed by atoms with Crippen LogP contribution in [-0.2, 0) is 22.4 Å². The topological polar surface area (TPSA) is 64.6 Å². The van der Waals surface area contributed by atoms with Crippen LogP contribution in [-0.4, -0.2) is 25.1 Å². The van der Waals surface area contributed by atoms with Crippen molar-refractivity contribution in [2.75, 3.05) is 18.5 Å². The fourth-order valence-electron chi connectivity index (χ4n) is 3.51. The van der Waals surface area contributed by atoms with E-state index in [1.807, 2.05) is 26.0 Å². The number of esters is 1. The fraction of sp³-hybridized carbons (Fsp3) is 0.455. The van der Waals surface area contributed by atoms with Crippen molar-refractivity contribution in [1.82, 2.24) is 0 Å². The lowest BCUT2D eigenvalue weighted by atomic mass is 10.1. The monoisotopic (exact) mass is 435 g/mol. The first-order chi connectivity index (χ1) is 13.9. The van der Waals surface area contributed by atoms with Crippen LogP contribution in [0.15, 0.2) is 12.1 Å². The molecule has 0 saturated carbocycles. The highest BCUT2D eigenvalue weighted by Crippen LogP contribution is 2.39. The number of aryl methyl sites for hydroxylation is 3. The molecule has 0 bridgehead atoms. The maximum Gasteiger partial charge on any atom is 0.341 e. The summed E-state index contributed by atoms with van der Waals surface area (Å²) in [6, 6.07) is 3.79. The zero-order valence-electron chi connectivity index (χ0n) is 17.0. The standard InChI is InChI=1S/C22H26ClNO4S/c1-4-27-22(26)19-16-7-5-8-17(16)29-21(19)24-18(25)9-6-10-28-15-11-13(2)20(23)14(3)12-15/h11-12H,4-10H2,1-3H3,(H,24,25). The molecule has 0 fully saturated rings. The number of carbonyl (C=O) groups excluding carboxylic acids is 2. The normalized spacial score (nSPS) is 12.6. The Morgan fingerprint density at radius 1 is 1.21 bits per heavy atom. The van der Waals surface area contributed by atoms with Crippen molar-refractivity contribution in [3.8, 4) is 5.75 Å². The van der Waals surface area contributed by atoms with Crippen molar-refractivity contribution >= 4 is 39.8 Å². The lowest BCUT2D eigenvalue weighted by molar-refractivity contribution is -0.116. The summed E-state index contributed by atoms with van der Waals surface area (Å²) >= 11 is 7.67.